The topological polar surface area (TPSA) is 72.9 Å². The van der Waals surface area contributed by atoms with E-state index in [4.69, 9.17) is 21.1 Å². The van der Waals surface area contributed by atoms with Crippen molar-refractivity contribution in [3.63, 3.8) is 0 Å². The second-order valence-corrected chi connectivity index (χ2v) is 7.32. The van der Waals surface area contributed by atoms with Crippen molar-refractivity contribution in [3.05, 3.63) is 47.0 Å². The zero-order valence-electron chi connectivity index (χ0n) is 12.9. The van der Waals surface area contributed by atoms with Crippen molar-refractivity contribution in [2.45, 2.75) is 11.3 Å². The van der Waals surface area contributed by atoms with E-state index < -0.39 is 15.9 Å². The van der Waals surface area contributed by atoms with Crippen LogP contribution in [0, 0.1) is 0 Å². The van der Waals surface area contributed by atoms with E-state index in [0.717, 1.165) is 4.31 Å². The standard InChI is InChI=1S/C16H14ClNO5S/c1-22-13-7-10-8-16(19)18(12-5-3-11(17)4-6-12)24(20,21)15(10)9-14(13)23-2/h3-7,9H,8H2,1-2H3. The molecule has 0 bridgehead atoms. The summed E-state index contributed by atoms with van der Waals surface area (Å²) in [5.41, 5.74) is 0.618. The van der Waals surface area contributed by atoms with Gasteiger partial charge in [0.25, 0.3) is 10.0 Å². The lowest BCUT2D eigenvalue weighted by Gasteiger charge is -2.29. The number of methoxy groups -OCH3 is 2. The van der Waals surface area contributed by atoms with Gasteiger partial charge in [0.1, 0.15) is 0 Å². The number of anilines is 1. The van der Waals surface area contributed by atoms with Crippen molar-refractivity contribution < 1.29 is 22.7 Å². The molecule has 0 aromatic heterocycles. The van der Waals surface area contributed by atoms with Gasteiger partial charge in [-0.25, -0.2) is 12.7 Å². The number of benzene rings is 2. The molecular formula is C16H14ClNO5S. The normalized spacial score (nSPS) is 15.8. The Morgan fingerprint density at radius 1 is 1.04 bits per heavy atom. The Kier molecular flexibility index (Phi) is 4.15. The highest BCUT2D eigenvalue weighted by Gasteiger charge is 2.38. The van der Waals surface area contributed by atoms with Crippen LogP contribution in [-0.4, -0.2) is 28.5 Å². The summed E-state index contributed by atoms with van der Waals surface area (Å²) in [7, 11) is -1.18. The van der Waals surface area contributed by atoms with Gasteiger partial charge in [0, 0.05) is 11.1 Å². The minimum Gasteiger partial charge on any atom is -0.493 e. The van der Waals surface area contributed by atoms with Crippen LogP contribution in [0.1, 0.15) is 5.56 Å². The number of sulfonamides is 1. The first-order valence-electron chi connectivity index (χ1n) is 6.97. The summed E-state index contributed by atoms with van der Waals surface area (Å²) < 4.78 is 37.0. The SMILES string of the molecule is COc1cc2c(cc1OC)S(=O)(=O)N(c1ccc(Cl)cc1)C(=O)C2. The molecule has 6 nitrogen and oxygen atoms in total. The Balaban J connectivity index is 2.18. The van der Waals surface area contributed by atoms with Gasteiger partial charge in [-0.2, -0.15) is 0 Å². The zero-order chi connectivity index (χ0) is 17.5. The summed E-state index contributed by atoms with van der Waals surface area (Å²) in [5, 5.41) is 0.451. The minimum atomic E-state index is -4.05. The molecule has 24 heavy (non-hydrogen) atoms. The van der Waals surface area contributed by atoms with Crippen LogP contribution in [0.25, 0.3) is 0 Å². The van der Waals surface area contributed by atoms with E-state index in [1.165, 1.54) is 50.6 Å². The molecule has 1 aliphatic rings. The average molecular weight is 368 g/mol. The van der Waals surface area contributed by atoms with Crippen LogP contribution in [0.5, 0.6) is 11.5 Å². The van der Waals surface area contributed by atoms with E-state index in [9.17, 15) is 13.2 Å². The monoisotopic (exact) mass is 367 g/mol. The maximum atomic E-state index is 12.9. The first-order chi connectivity index (χ1) is 11.4. The van der Waals surface area contributed by atoms with E-state index in [2.05, 4.69) is 0 Å². The smallest absolute Gasteiger partial charge is 0.271 e. The van der Waals surface area contributed by atoms with Crippen LogP contribution in [0.2, 0.25) is 5.02 Å². The number of carbonyl (C=O) groups is 1. The molecule has 0 spiro atoms. The fourth-order valence-corrected chi connectivity index (χ4v) is 4.38. The van der Waals surface area contributed by atoms with Crippen molar-refractivity contribution in [2.24, 2.45) is 0 Å². The number of nitrogens with zero attached hydrogens (tertiary/aromatic N) is 1. The summed E-state index contributed by atoms with van der Waals surface area (Å²) in [6.07, 6.45) is -0.0580. The molecule has 0 radical (unpaired) electrons. The third-order valence-corrected chi connectivity index (χ3v) is 5.80. The predicted octanol–water partition coefficient (Wildman–Crippen LogP) is 2.64. The van der Waals surface area contributed by atoms with E-state index in [1.807, 2.05) is 0 Å². The number of amides is 1. The van der Waals surface area contributed by atoms with Gasteiger partial charge < -0.3 is 9.47 Å². The molecule has 8 heteroatoms. The Morgan fingerprint density at radius 2 is 1.62 bits per heavy atom. The molecular weight excluding hydrogens is 354 g/mol. The minimum absolute atomic E-state index is 0.0229. The number of ether oxygens (including phenoxy) is 2. The highest BCUT2D eigenvalue weighted by molar-refractivity contribution is 7.93. The van der Waals surface area contributed by atoms with Crippen LogP contribution in [0.4, 0.5) is 5.69 Å². The fraction of sp³-hybridized carbons (Fsp3) is 0.188. The maximum Gasteiger partial charge on any atom is 0.271 e. The summed E-state index contributed by atoms with van der Waals surface area (Å²) in [6.45, 7) is 0. The first kappa shape index (κ1) is 16.6. The number of hydrogen-bond donors (Lipinski definition) is 0. The zero-order valence-corrected chi connectivity index (χ0v) is 14.5. The third-order valence-electron chi connectivity index (χ3n) is 3.71. The number of fused-ring (bicyclic) bond motifs is 1. The number of rotatable bonds is 3. The second-order valence-electron chi connectivity index (χ2n) is 5.13. The van der Waals surface area contributed by atoms with Gasteiger partial charge in [-0.3, -0.25) is 4.79 Å². The van der Waals surface area contributed by atoms with E-state index in [1.54, 1.807) is 0 Å². The van der Waals surface area contributed by atoms with Crippen LogP contribution in [-0.2, 0) is 21.2 Å². The molecule has 126 valence electrons. The van der Waals surface area contributed by atoms with E-state index in [-0.39, 0.29) is 22.8 Å². The van der Waals surface area contributed by atoms with Crippen molar-refractivity contribution in [1.82, 2.24) is 0 Å². The molecule has 2 aromatic rings. The fourth-order valence-electron chi connectivity index (χ4n) is 2.61. The van der Waals surface area contributed by atoms with Gasteiger partial charge in [-0.05, 0) is 35.9 Å². The maximum absolute atomic E-state index is 12.9. The van der Waals surface area contributed by atoms with Crippen molar-refractivity contribution in [2.75, 3.05) is 18.5 Å². The molecule has 3 rings (SSSR count). The Hall–Kier alpha value is -2.25. The summed E-state index contributed by atoms with van der Waals surface area (Å²) >= 11 is 5.83. The Morgan fingerprint density at radius 3 is 2.21 bits per heavy atom. The van der Waals surface area contributed by atoms with Gasteiger partial charge >= 0.3 is 0 Å². The highest BCUT2D eigenvalue weighted by atomic mass is 35.5. The lowest BCUT2D eigenvalue weighted by atomic mass is 10.1. The molecule has 0 N–H and O–H groups in total. The molecule has 1 amide bonds. The number of hydrogen-bond acceptors (Lipinski definition) is 5. The van der Waals surface area contributed by atoms with Crippen molar-refractivity contribution in [3.8, 4) is 11.5 Å². The quantitative estimate of drug-likeness (QED) is 0.833. The van der Waals surface area contributed by atoms with E-state index >= 15 is 0 Å². The number of carbonyl (C=O) groups excluding carboxylic acids is 1. The van der Waals surface area contributed by atoms with Gasteiger partial charge in [-0.15, -0.1) is 0 Å². The van der Waals surface area contributed by atoms with Gasteiger partial charge in [0.05, 0.1) is 31.2 Å². The van der Waals surface area contributed by atoms with Crippen molar-refractivity contribution >= 4 is 33.2 Å². The highest BCUT2D eigenvalue weighted by Crippen LogP contribution is 2.38. The van der Waals surface area contributed by atoms with Gasteiger partial charge in [0.15, 0.2) is 11.5 Å². The molecule has 0 atom stereocenters. The van der Waals surface area contributed by atoms with Crippen LogP contribution >= 0.6 is 11.6 Å². The molecule has 1 aliphatic heterocycles. The van der Waals surface area contributed by atoms with Gasteiger partial charge in [-0.1, -0.05) is 11.6 Å². The molecule has 2 aromatic carbocycles. The summed E-state index contributed by atoms with van der Waals surface area (Å²) in [5.74, 6) is 0.112. The molecule has 0 fully saturated rings. The van der Waals surface area contributed by atoms with Crippen LogP contribution in [0.3, 0.4) is 0 Å². The Bertz CT molecular complexity index is 909. The first-order valence-corrected chi connectivity index (χ1v) is 8.79. The lowest BCUT2D eigenvalue weighted by Crippen LogP contribution is -2.42. The Labute approximate surface area is 144 Å². The predicted molar refractivity (Wildman–Crippen MR) is 89.4 cm³/mol. The van der Waals surface area contributed by atoms with Crippen molar-refractivity contribution in [1.29, 1.82) is 0 Å². The molecule has 0 aliphatic carbocycles. The molecule has 0 saturated heterocycles. The summed E-state index contributed by atoms with van der Waals surface area (Å²) in [6, 6.07) is 8.93. The lowest BCUT2D eigenvalue weighted by molar-refractivity contribution is -0.117. The van der Waals surface area contributed by atoms with Crippen LogP contribution < -0.4 is 13.8 Å². The molecule has 0 saturated carbocycles. The second kappa shape index (κ2) is 5.99. The van der Waals surface area contributed by atoms with E-state index in [0.29, 0.717) is 16.3 Å². The summed E-state index contributed by atoms with van der Waals surface area (Å²) in [4.78, 5) is 12.5. The van der Waals surface area contributed by atoms with Crippen LogP contribution in [0.15, 0.2) is 41.3 Å². The largest absolute Gasteiger partial charge is 0.493 e. The van der Waals surface area contributed by atoms with Gasteiger partial charge in [0.2, 0.25) is 5.91 Å². The number of halogens is 1. The molecule has 1 heterocycles. The molecule has 0 unspecified atom stereocenters. The average Bonchev–Trinajstić information content (AvgIpc) is 2.55. The third kappa shape index (κ3) is 2.59.